The fourth-order valence-electron chi connectivity index (χ4n) is 4.79. The molecule has 0 saturated heterocycles. The van der Waals surface area contributed by atoms with Crippen LogP contribution in [-0.4, -0.2) is 52.4 Å². The first-order valence-corrected chi connectivity index (χ1v) is 16.4. The van der Waals surface area contributed by atoms with Gasteiger partial charge in [0.05, 0.1) is 21.1 Å². The Labute approximate surface area is 218 Å². The topological polar surface area (TPSA) is 77.8 Å². The van der Waals surface area contributed by atoms with E-state index < -0.39 is 12.9 Å². The van der Waals surface area contributed by atoms with E-state index in [4.69, 9.17) is 0 Å². The van der Waals surface area contributed by atoms with Crippen LogP contribution in [0.2, 0.25) is 0 Å². The fraction of sp³-hybridized carbons (Fsp3) is 0.931. The van der Waals surface area contributed by atoms with Gasteiger partial charge in [-0.1, -0.05) is 128 Å². The average Bonchev–Trinajstić information content (AvgIpc) is 2.75. The van der Waals surface area contributed by atoms with Gasteiger partial charge in [-0.15, -0.1) is 0 Å². The van der Waals surface area contributed by atoms with Crippen LogP contribution in [0.25, 0.3) is 0 Å². The van der Waals surface area contributed by atoms with Crippen LogP contribution in [-0.2, 0) is 4.57 Å². The molecular weight excluding hydrogens is 457 g/mol. The van der Waals surface area contributed by atoms with E-state index in [0.29, 0.717) is 10.9 Å². The molecule has 3 N–H and O–H groups in total. The maximum Gasteiger partial charge on any atom is 0.362 e. The summed E-state index contributed by atoms with van der Waals surface area (Å²) in [4.78, 5) is 19.2. The van der Waals surface area contributed by atoms with Gasteiger partial charge in [-0.05, 0) is 25.7 Å². The van der Waals surface area contributed by atoms with Crippen molar-refractivity contribution in [2.45, 2.75) is 147 Å². The van der Waals surface area contributed by atoms with Crippen molar-refractivity contribution >= 4 is 7.60 Å². The number of nitrogens with zero attached hydrogens (tertiary/aromatic N) is 1. The first-order chi connectivity index (χ1) is 16.5. The Kier molecular flexibility index (Phi) is 20.7. The molecule has 0 amide bonds. The summed E-state index contributed by atoms with van der Waals surface area (Å²) in [6, 6.07) is 0. The Morgan fingerprint density at radius 3 is 1.31 bits per heavy atom. The van der Waals surface area contributed by atoms with Crippen molar-refractivity contribution in [3.63, 3.8) is 0 Å². The number of likely N-dealkylation sites (N-methyl/N-ethyl adjacent to an activating group) is 1. The van der Waals surface area contributed by atoms with E-state index >= 15 is 0 Å². The predicted octanol–water partition coefficient (Wildman–Crippen LogP) is 8.33. The van der Waals surface area contributed by atoms with Gasteiger partial charge < -0.3 is 19.4 Å². The van der Waals surface area contributed by atoms with Gasteiger partial charge in [0.1, 0.15) is 6.54 Å². The number of hydrogen-bond acceptors (Lipinski definition) is 2. The van der Waals surface area contributed by atoms with E-state index in [-0.39, 0.29) is 13.0 Å². The summed E-state index contributed by atoms with van der Waals surface area (Å²) in [6.07, 6.45) is 30.5. The molecule has 0 saturated carbocycles. The molecular formula is C29H61NO4P+. The molecule has 1 atom stereocenters. The van der Waals surface area contributed by atoms with Gasteiger partial charge in [0.25, 0.3) is 0 Å². The van der Waals surface area contributed by atoms with Crippen molar-refractivity contribution in [3.05, 3.63) is 12.2 Å². The van der Waals surface area contributed by atoms with Gasteiger partial charge in [0.15, 0.2) is 0 Å². The molecule has 0 fully saturated rings. The highest BCUT2D eigenvalue weighted by atomic mass is 31.2. The summed E-state index contributed by atoms with van der Waals surface area (Å²) < 4.78 is 12.1. The number of hydrogen-bond donors (Lipinski definition) is 3. The van der Waals surface area contributed by atoms with Crippen LogP contribution in [0.3, 0.4) is 0 Å². The monoisotopic (exact) mass is 518 g/mol. The van der Waals surface area contributed by atoms with Crippen molar-refractivity contribution in [1.29, 1.82) is 0 Å². The number of aliphatic hydroxyl groups is 1. The summed E-state index contributed by atoms with van der Waals surface area (Å²) in [5, 5.41) is 8.58. The lowest BCUT2D eigenvalue weighted by molar-refractivity contribution is -0.875. The normalized spacial score (nSPS) is 14.6. The van der Waals surface area contributed by atoms with Crippen molar-refractivity contribution in [2.75, 3.05) is 27.7 Å². The standard InChI is InChI=1S/C29H60NO4P/c1-5-6-7-8-9-10-11-12-13-14-15-16-17-18-19-20-21-22-23-24-25-26-27-29(31,35(32,33)34)28-30(2,3)4/h24-25,31H,5-23,26-28H2,1-4H3,(H-,32,33,34)/p+1/b25-24-. The highest BCUT2D eigenvalue weighted by Crippen LogP contribution is 2.52. The summed E-state index contributed by atoms with van der Waals surface area (Å²) in [5.41, 5.74) is 0. The Morgan fingerprint density at radius 2 is 0.971 bits per heavy atom. The Bertz CT molecular complexity index is 555. The number of quaternary nitrogens is 1. The molecule has 0 aliphatic heterocycles. The van der Waals surface area contributed by atoms with E-state index in [9.17, 15) is 19.5 Å². The number of allylic oxidation sites excluding steroid dienone is 2. The smallest absolute Gasteiger partial charge is 0.362 e. The van der Waals surface area contributed by atoms with Crippen LogP contribution in [0, 0.1) is 0 Å². The third-order valence-electron chi connectivity index (χ3n) is 6.87. The highest BCUT2D eigenvalue weighted by Gasteiger charge is 2.48. The Hall–Kier alpha value is -0.190. The van der Waals surface area contributed by atoms with Crippen molar-refractivity contribution in [1.82, 2.24) is 0 Å². The minimum absolute atomic E-state index is 0.0321. The van der Waals surface area contributed by atoms with Crippen LogP contribution in [0.4, 0.5) is 0 Å². The second kappa shape index (κ2) is 20.8. The molecule has 0 aromatic carbocycles. The highest BCUT2D eigenvalue weighted by molar-refractivity contribution is 7.53. The lowest BCUT2D eigenvalue weighted by Crippen LogP contribution is -2.49. The van der Waals surface area contributed by atoms with E-state index in [0.717, 1.165) is 12.8 Å². The first-order valence-electron chi connectivity index (χ1n) is 14.8. The molecule has 0 heterocycles. The molecule has 0 aliphatic rings. The van der Waals surface area contributed by atoms with Crippen molar-refractivity contribution in [3.8, 4) is 0 Å². The van der Waals surface area contributed by atoms with Crippen molar-refractivity contribution in [2.24, 2.45) is 0 Å². The molecule has 5 nitrogen and oxygen atoms in total. The maximum atomic E-state index is 11.8. The van der Waals surface area contributed by atoms with Gasteiger partial charge in [0, 0.05) is 0 Å². The van der Waals surface area contributed by atoms with E-state index in [1.54, 1.807) is 0 Å². The van der Waals surface area contributed by atoms with Crippen LogP contribution in [0.15, 0.2) is 12.2 Å². The minimum Gasteiger partial charge on any atom is -0.373 e. The zero-order valence-corrected chi connectivity index (χ0v) is 24.7. The summed E-state index contributed by atoms with van der Waals surface area (Å²) in [5.74, 6) is 0. The first kappa shape index (κ1) is 34.8. The molecule has 0 bridgehead atoms. The Balaban J connectivity index is 3.53. The average molecular weight is 519 g/mol. The molecule has 0 rings (SSSR count). The molecule has 0 aromatic rings. The summed E-state index contributed by atoms with van der Waals surface area (Å²) in [7, 11) is 0.911. The lowest BCUT2D eigenvalue weighted by Gasteiger charge is -2.35. The largest absolute Gasteiger partial charge is 0.373 e. The van der Waals surface area contributed by atoms with Crippen molar-refractivity contribution < 1.29 is 23.9 Å². The van der Waals surface area contributed by atoms with E-state index in [1.807, 2.05) is 27.2 Å². The molecule has 210 valence electrons. The fourth-order valence-corrected chi connectivity index (χ4v) is 5.82. The molecule has 0 aliphatic carbocycles. The third kappa shape index (κ3) is 21.6. The van der Waals surface area contributed by atoms with Gasteiger partial charge in [-0.25, -0.2) is 0 Å². The van der Waals surface area contributed by atoms with Gasteiger partial charge >= 0.3 is 7.60 Å². The SMILES string of the molecule is CCCCCCCCCCCCCCCCCCCC/C=C\CCC(O)(C[N+](C)(C)C)P(=O)(O)O. The molecule has 35 heavy (non-hydrogen) atoms. The third-order valence-corrected chi connectivity index (χ3v) is 8.32. The quantitative estimate of drug-likeness (QED) is 0.0491. The lowest BCUT2D eigenvalue weighted by atomic mass is 10.0. The number of unbranched alkanes of at least 4 members (excludes halogenated alkanes) is 18. The molecule has 1 unspecified atom stereocenters. The molecule has 0 aromatic heterocycles. The van der Waals surface area contributed by atoms with E-state index in [1.165, 1.54) is 109 Å². The second-order valence-corrected chi connectivity index (χ2v) is 13.7. The maximum absolute atomic E-state index is 11.8. The molecule has 0 radical (unpaired) electrons. The second-order valence-electron chi connectivity index (χ2n) is 11.8. The molecule has 6 heteroatoms. The minimum atomic E-state index is -4.58. The zero-order valence-electron chi connectivity index (χ0n) is 23.9. The van der Waals surface area contributed by atoms with Crippen LogP contribution < -0.4 is 0 Å². The predicted molar refractivity (Wildman–Crippen MR) is 152 cm³/mol. The van der Waals surface area contributed by atoms with Gasteiger partial charge in [-0.3, -0.25) is 4.57 Å². The van der Waals surface area contributed by atoms with Gasteiger partial charge in [0.2, 0.25) is 5.34 Å². The summed E-state index contributed by atoms with van der Waals surface area (Å²) in [6.45, 7) is 2.31. The summed E-state index contributed by atoms with van der Waals surface area (Å²) >= 11 is 0. The Morgan fingerprint density at radius 1 is 0.629 bits per heavy atom. The zero-order chi connectivity index (χ0) is 26.5. The molecule has 0 spiro atoms. The van der Waals surface area contributed by atoms with Crippen LogP contribution >= 0.6 is 7.60 Å². The van der Waals surface area contributed by atoms with Crippen LogP contribution in [0.5, 0.6) is 0 Å². The van der Waals surface area contributed by atoms with Gasteiger partial charge in [-0.2, -0.15) is 0 Å². The number of rotatable bonds is 25. The van der Waals surface area contributed by atoms with E-state index in [2.05, 4.69) is 13.0 Å². The van der Waals surface area contributed by atoms with Crippen LogP contribution in [0.1, 0.15) is 142 Å².